The van der Waals surface area contributed by atoms with Gasteiger partial charge in [0.25, 0.3) is 0 Å². The van der Waals surface area contributed by atoms with Crippen LogP contribution in [0.2, 0.25) is 0 Å². The molecule has 0 heterocycles. The first-order valence-corrected chi connectivity index (χ1v) is 6.86. The highest BCUT2D eigenvalue weighted by Gasteiger charge is 2.35. The monoisotopic (exact) mass is 263 g/mol. The third-order valence-corrected chi connectivity index (χ3v) is 3.47. The molecule has 1 saturated carbocycles. The lowest BCUT2D eigenvalue weighted by atomic mass is 10.0. The van der Waals surface area contributed by atoms with Crippen molar-refractivity contribution in [2.45, 2.75) is 44.9 Å². The van der Waals surface area contributed by atoms with Gasteiger partial charge < -0.3 is 15.2 Å². The number of carbonyl (C=O) groups is 1. The highest BCUT2D eigenvalue weighted by atomic mass is 16.5. The zero-order valence-electron chi connectivity index (χ0n) is 11.2. The largest absolute Gasteiger partial charge is 0.445 e. The molecule has 104 valence electrons. The van der Waals surface area contributed by atoms with Gasteiger partial charge in [-0.1, -0.05) is 37.3 Å². The van der Waals surface area contributed by atoms with E-state index < -0.39 is 12.2 Å². The smallest absolute Gasteiger partial charge is 0.407 e. The van der Waals surface area contributed by atoms with Crippen LogP contribution >= 0.6 is 0 Å². The summed E-state index contributed by atoms with van der Waals surface area (Å²) < 4.78 is 5.15. The minimum Gasteiger partial charge on any atom is -0.445 e. The SMILES string of the molecule is CC[C@H](NC(=O)OCc1ccccc1)C(O)C1CC1. The summed E-state index contributed by atoms with van der Waals surface area (Å²) in [5.41, 5.74) is 0.952. The Morgan fingerprint density at radius 2 is 2.11 bits per heavy atom. The summed E-state index contributed by atoms with van der Waals surface area (Å²) in [7, 11) is 0. The van der Waals surface area contributed by atoms with Crippen molar-refractivity contribution >= 4 is 6.09 Å². The van der Waals surface area contributed by atoms with Crippen LogP contribution in [0.5, 0.6) is 0 Å². The van der Waals surface area contributed by atoms with E-state index in [1.807, 2.05) is 37.3 Å². The van der Waals surface area contributed by atoms with Gasteiger partial charge in [0.05, 0.1) is 12.1 Å². The highest BCUT2D eigenvalue weighted by molar-refractivity contribution is 5.67. The van der Waals surface area contributed by atoms with Crippen LogP contribution in [-0.4, -0.2) is 23.3 Å². The molecule has 4 nitrogen and oxygen atoms in total. The second kappa shape index (κ2) is 6.57. The average Bonchev–Trinajstić information content (AvgIpc) is 3.27. The van der Waals surface area contributed by atoms with Crippen LogP contribution in [0.25, 0.3) is 0 Å². The second-order valence-electron chi connectivity index (χ2n) is 5.05. The predicted molar refractivity (Wildman–Crippen MR) is 72.6 cm³/mol. The summed E-state index contributed by atoms with van der Waals surface area (Å²) in [4.78, 5) is 11.7. The van der Waals surface area contributed by atoms with Gasteiger partial charge in [0, 0.05) is 0 Å². The summed E-state index contributed by atoms with van der Waals surface area (Å²) >= 11 is 0. The molecule has 1 aliphatic rings. The minimum atomic E-state index is -0.463. The standard InChI is InChI=1S/C15H21NO3/c1-2-13(14(17)12-8-9-12)16-15(18)19-10-11-6-4-3-5-7-11/h3-7,12-14,17H,2,8-10H2,1H3,(H,16,18)/t13-,14?/m0/s1. The minimum absolute atomic E-state index is 0.212. The molecule has 4 heteroatoms. The Balaban J connectivity index is 1.76. The third-order valence-electron chi connectivity index (χ3n) is 3.47. The third kappa shape index (κ3) is 4.24. The van der Waals surface area contributed by atoms with Crippen LogP contribution in [0.4, 0.5) is 4.79 Å². The van der Waals surface area contributed by atoms with Gasteiger partial charge in [-0.15, -0.1) is 0 Å². The molecule has 1 aromatic carbocycles. The molecule has 2 rings (SSSR count). The lowest BCUT2D eigenvalue weighted by Gasteiger charge is -2.22. The number of alkyl carbamates (subject to hydrolysis) is 1. The first kappa shape index (κ1) is 13.9. The van der Waals surface area contributed by atoms with Crippen molar-refractivity contribution in [3.8, 4) is 0 Å². The lowest BCUT2D eigenvalue weighted by molar-refractivity contribution is 0.0876. The lowest BCUT2D eigenvalue weighted by Crippen LogP contribution is -2.44. The van der Waals surface area contributed by atoms with Crippen LogP contribution in [0.1, 0.15) is 31.7 Å². The molecule has 0 saturated heterocycles. The van der Waals surface area contributed by atoms with Gasteiger partial charge in [0.1, 0.15) is 6.61 Å². The fourth-order valence-electron chi connectivity index (χ4n) is 2.11. The fourth-order valence-corrected chi connectivity index (χ4v) is 2.11. The Hall–Kier alpha value is -1.55. The molecule has 1 aliphatic carbocycles. The number of benzene rings is 1. The van der Waals surface area contributed by atoms with Crippen molar-refractivity contribution in [3.05, 3.63) is 35.9 Å². The van der Waals surface area contributed by atoms with E-state index in [1.54, 1.807) is 0 Å². The first-order valence-electron chi connectivity index (χ1n) is 6.86. The Bertz CT molecular complexity index is 403. The summed E-state index contributed by atoms with van der Waals surface area (Å²) in [6, 6.07) is 9.33. The number of aliphatic hydroxyl groups excluding tert-OH is 1. The molecule has 1 amide bonds. The molecule has 1 aromatic rings. The average molecular weight is 263 g/mol. The number of nitrogens with one attached hydrogen (secondary N) is 1. The molecule has 2 N–H and O–H groups in total. The second-order valence-corrected chi connectivity index (χ2v) is 5.05. The summed E-state index contributed by atoms with van der Waals surface area (Å²) in [6.45, 7) is 2.20. The number of carbonyl (C=O) groups excluding carboxylic acids is 1. The molecule has 0 spiro atoms. The molecular weight excluding hydrogens is 242 g/mol. The Labute approximate surface area is 113 Å². The van der Waals surface area contributed by atoms with E-state index >= 15 is 0 Å². The number of hydrogen-bond donors (Lipinski definition) is 2. The predicted octanol–water partition coefficient (Wildman–Crippen LogP) is 2.46. The van der Waals surface area contributed by atoms with Crippen LogP contribution in [0.3, 0.4) is 0 Å². The van der Waals surface area contributed by atoms with Gasteiger partial charge in [-0.3, -0.25) is 0 Å². The number of aliphatic hydroxyl groups is 1. The first-order chi connectivity index (χ1) is 9.20. The van der Waals surface area contributed by atoms with E-state index in [4.69, 9.17) is 4.74 Å². The van der Waals surface area contributed by atoms with E-state index in [1.165, 1.54) is 0 Å². The van der Waals surface area contributed by atoms with E-state index in [0.717, 1.165) is 18.4 Å². The van der Waals surface area contributed by atoms with Gasteiger partial charge in [-0.2, -0.15) is 0 Å². The molecule has 0 aromatic heterocycles. The highest BCUT2D eigenvalue weighted by Crippen LogP contribution is 2.34. The van der Waals surface area contributed by atoms with Crippen LogP contribution in [-0.2, 0) is 11.3 Å². The van der Waals surface area contributed by atoms with Gasteiger partial charge >= 0.3 is 6.09 Å². The Morgan fingerprint density at radius 1 is 1.42 bits per heavy atom. The van der Waals surface area contributed by atoms with Crippen LogP contribution in [0.15, 0.2) is 30.3 Å². The van der Waals surface area contributed by atoms with E-state index in [2.05, 4.69) is 5.32 Å². The van der Waals surface area contributed by atoms with Crippen molar-refractivity contribution < 1.29 is 14.6 Å². The molecule has 0 aliphatic heterocycles. The normalized spacial score (nSPS) is 17.6. The fraction of sp³-hybridized carbons (Fsp3) is 0.533. The zero-order valence-corrected chi connectivity index (χ0v) is 11.2. The summed E-state index contributed by atoms with van der Waals surface area (Å²) in [5, 5.41) is 12.8. The van der Waals surface area contributed by atoms with Crippen LogP contribution < -0.4 is 5.32 Å². The van der Waals surface area contributed by atoms with Gasteiger partial charge in [-0.05, 0) is 30.7 Å². The molecule has 0 radical (unpaired) electrons. The molecule has 1 fully saturated rings. The zero-order chi connectivity index (χ0) is 13.7. The number of hydrogen-bond acceptors (Lipinski definition) is 3. The number of rotatable bonds is 6. The van der Waals surface area contributed by atoms with E-state index in [-0.39, 0.29) is 12.6 Å². The Morgan fingerprint density at radius 3 is 2.68 bits per heavy atom. The summed E-state index contributed by atoms with van der Waals surface area (Å²) in [5.74, 6) is 0.347. The maximum absolute atomic E-state index is 11.7. The van der Waals surface area contributed by atoms with Gasteiger partial charge in [-0.25, -0.2) is 4.79 Å². The number of amides is 1. The van der Waals surface area contributed by atoms with Gasteiger partial charge in [0.2, 0.25) is 0 Å². The number of ether oxygens (including phenoxy) is 1. The maximum Gasteiger partial charge on any atom is 0.407 e. The molecule has 2 atom stereocenters. The molecule has 1 unspecified atom stereocenters. The maximum atomic E-state index is 11.7. The van der Waals surface area contributed by atoms with Crippen LogP contribution in [0, 0.1) is 5.92 Å². The molecular formula is C15H21NO3. The van der Waals surface area contributed by atoms with E-state index in [9.17, 15) is 9.90 Å². The topological polar surface area (TPSA) is 58.6 Å². The van der Waals surface area contributed by atoms with E-state index in [0.29, 0.717) is 12.3 Å². The van der Waals surface area contributed by atoms with Crippen molar-refractivity contribution in [1.29, 1.82) is 0 Å². The quantitative estimate of drug-likeness (QED) is 0.829. The molecule has 0 bridgehead atoms. The van der Waals surface area contributed by atoms with Crippen molar-refractivity contribution in [2.75, 3.05) is 0 Å². The van der Waals surface area contributed by atoms with Crippen molar-refractivity contribution in [2.24, 2.45) is 5.92 Å². The Kier molecular flexibility index (Phi) is 4.80. The van der Waals surface area contributed by atoms with Gasteiger partial charge in [0.15, 0.2) is 0 Å². The molecule has 19 heavy (non-hydrogen) atoms. The van der Waals surface area contributed by atoms with Crippen molar-refractivity contribution in [1.82, 2.24) is 5.32 Å². The van der Waals surface area contributed by atoms with Crippen molar-refractivity contribution in [3.63, 3.8) is 0 Å². The summed E-state index contributed by atoms with van der Waals surface area (Å²) in [6.07, 6.45) is 1.90.